The van der Waals surface area contributed by atoms with E-state index in [9.17, 15) is 14.7 Å². The van der Waals surface area contributed by atoms with E-state index < -0.39 is 17.4 Å². The topological polar surface area (TPSA) is 79.3 Å². The van der Waals surface area contributed by atoms with Crippen LogP contribution in [0.4, 0.5) is 0 Å². The van der Waals surface area contributed by atoms with Crippen molar-refractivity contribution in [2.75, 3.05) is 0 Å². The average molecular weight is 341 g/mol. The summed E-state index contributed by atoms with van der Waals surface area (Å²) in [6, 6.07) is 3.28. The van der Waals surface area contributed by atoms with E-state index >= 15 is 0 Å². The average Bonchev–Trinajstić information content (AvgIpc) is 2.65. The molecular formula is C14H17BrN2O3. The Hall–Kier alpha value is -1.43. The van der Waals surface area contributed by atoms with Gasteiger partial charge in [-0.3, -0.25) is 4.79 Å². The number of nitrogens with one attached hydrogen (secondary N) is 1. The van der Waals surface area contributed by atoms with E-state index in [-0.39, 0.29) is 0 Å². The number of nitrogens with zero attached hydrogens (tertiary/aromatic N) is 1. The summed E-state index contributed by atoms with van der Waals surface area (Å²) in [7, 11) is 0. The molecule has 0 aliphatic heterocycles. The van der Waals surface area contributed by atoms with E-state index in [0.717, 1.165) is 25.7 Å². The zero-order chi connectivity index (χ0) is 14.6. The summed E-state index contributed by atoms with van der Waals surface area (Å²) in [6.45, 7) is 0. The first-order valence-electron chi connectivity index (χ1n) is 6.72. The maximum absolute atomic E-state index is 12.3. The smallest absolute Gasteiger partial charge is 0.329 e. The number of carbonyl (C=O) groups is 2. The van der Waals surface area contributed by atoms with Crippen LogP contribution in [-0.2, 0) is 4.79 Å². The summed E-state index contributed by atoms with van der Waals surface area (Å²) in [4.78, 5) is 27.9. The van der Waals surface area contributed by atoms with E-state index in [4.69, 9.17) is 0 Å². The SMILES string of the molecule is O=C(NC1(C(=O)O)CCCCCC1)c1cccnc1Br. The van der Waals surface area contributed by atoms with Crippen LogP contribution in [-0.4, -0.2) is 27.5 Å². The molecule has 108 valence electrons. The molecule has 0 atom stereocenters. The van der Waals surface area contributed by atoms with Crippen LogP contribution >= 0.6 is 15.9 Å². The molecule has 1 fully saturated rings. The lowest BCUT2D eigenvalue weighted by atomic mass is 9.90. The predicted molar refractivity (Wildman–Crippen MR) is 77.5 cm³/mol. The number of carbonyl (C=O) groups excluding carboxylic acids is 1. The molecule has 0 radical (unpaired) electrons. The molecule has 0 bridgehead atoms. The van der Waals surface area contributed by atoms with Gasteiger partial charge >= 0.3 is 5.97 Å². The van der Waals surface area contributed by atoms with Gasteiger partial charge in [0.15, 0.2) is 0 Å². The number of hydrogen-bond donors (Lipinski definition) is 2. The minimum absolute atomic E-state index is 0.359. The Bertz CT molecular complexity index is 511. The zero-order valence-electron chi connectivity index (χ0n) is 11.1. The van der Waals surface area contributed by atoms with Crippen molar-refractivity contribution in [2.45, 2.75) is 44.1 Å². The van der Waals surface area contributed by atoms with Crippen LogP contribution in [0.5, 0.6) is 0 Å². The van der Waals surface area contributed by atoms with Crippen molar-refractivity contribution in [1.82, 2.24) is 10.3 Å². The van der Waals surface area contributed by atoms with Gasteiger partial charge in [0.1, 0.15) is 10.1 Å². The van der Waals surface area contributed by atoms with Gasteiger partial charge in [-0.25, -0.2) is 9.78 Å². The van der Waals surface area contributed by atoms with Crippen molar-refractivity contribution in [3.63, 3.8) is 0 Å². The van der Waals surface area contributed by atoms with Gasteiger partial charge in [0.05, 0.1) is 5.56 Å². The maximum atomic E-state index is 12.3. The van der Waals surface area contributed by atoms with Gasteiger partial charge in [0.25, 0.3) is 5.91 Å². The highest BCUT2D eigenvalue weighted by Gasteiger charge is 2.40. The molecule has 0 spiro atoms. The molecule has 6 heteroatoms. The minimum atomic E-state index is -1.15. The lowest BCUT2D eigenvalue weighted by Gasteiger charge is -2.29. The number of aliphatic carboxylic acids is 1. The lowest BCUT2D eigenvalue weighted by Crippen LogP contribution is -2.54. The van der Waals surface area contributed by atoms with Crippen LogP contribution in [0.2, 0.25) is 0 Å². The van der Waals surface area contributed by atoms with E-state index in [1.54, 1.807) is 18.3 Å². The van der Waals surface area contributed by atoms with Gasteiger partial charge in [-0.1, -0.05) is 25.7 Å². The lowest BCUT2D eigenvalue weighted by molar-refractivity contribution is -0.145. The summed E-state index contributed by atoms with van der Waals surface area (Å²) >= 11 is 3.21. The molecule has 0 aromatic carbocycles. The highest BCUT2D eigenvalue weighted by atomic mass is 79.9. The molecule has 1 amide bonds. The molecule has 1 heterocycles. The fraction of sp³-hybridized carbons (Fsp3) is 0.500. The van der Waals surface area contributed by atoms with Crippen molar-refractivity contribution in [2.24, 2.45) is 0 Å². The maximum Gasteiger partial charge on any atom is 0.329 e. The number of carboxylic acids is 1. The van der Waals surface area contributed by atoms with Gasteiger partial charge in [0, 0.05) is 6.20 Å². The number of amides is 1. The predicted octanol–water partition coefficient (Wildman–Crippen LogP) is 2.75. The van der Waals surface area contributed by atoms with Gasteiger partial charge < -0.3 is 10.4 Å². The molecule has 2 rings (SSSR count). The Kier molecular flexibility index (Phi) is 4.75. The van der Waals surface area contributed by atoms with Crippen LogP contribution in [0.25, 0.3) is 0 Å². The van der Waals surface area contributed by atoms with E-state index in [2.05, 4.69) is 26.2 Å². The highest BCUT2D eigenvalue weighted by molar-refractivity contribution is 9.10. The number of pyridine rings is 1. The van der Waals surface area contributed by atoms with Crippen LogP contribution in [0.3, 0.4) is 0 Å². The van der Waals surface area contributed by atoms with Gasteiger partial charge in [-0.05, 0) is 40.9 Å². The Balaban J connectivity index is 2.22. The van der Waals surface area contributed by atoms with Gasteiger partial charge in [-0.15, -0.1) is 0 Å². The molecule has 5 nitrogen and oxygen atoms in total. The first kappa shape index (κ1) is 15.0. The summed E-state index contributed by atoms with van der Waals surface area (Å²) in [6.07, 6.45) is 6.20. The van der Waals surface area contributed by atoms with Crippen molar-refractivity contribution in [3.8, 4) is 0 Å². The number of halogens is 1. The highest BCUT2D eigenvalue weighted by Crippen LogP contribution is 2.28. The monoisotopic (exact) mass is 340 g/mol. The molecule has 1 saturated carbocycles. The Labute approximate surface area is 125 Å². The fourth-order valence-electron chi connectivity index (χ4n) is 2.56. The molecule has 1 aliphatic carbocycles. The second kappa shape index (κ2) is 6.35. The van der Waals surface area contributed by atoms with Gasteiger partial charge in [0.2, 0.25) is 0 Å². The fourth-order valence-corrected chi connectivity index (χ4v) is 2.99. The van der Waals surface area contributed by atoms with E-state index in [0.29, 0.717) is 23.0 Å². The number of hydrogen-bond acceptors (Lipinski definition) is 3. The summed E-state index contributed by atoms with van der Waals surface area (Å²) in [5, 5.41) is 12.3. The molecule has 20 heavy (non-hydrogen) atoms. The van der Waals surface area contributed by atoms with E-state index in [1.807, 2.05) is 0 Å². The molecule has 0 unspecified atom stereocenters. The first-order chi connectivity index (χ1) is 9.55. The molecule has 2 N–H and O–H groups in total. The molecule has 1 aromatic heterocycles. The Morgan fingerprint density at radius 2 is 1.90 bits per heavy atom. The largest absolute Gasteiger partial charge is 0.480 e. The third-order valence-corrected chi connectivity index (χ3v) is 4.35. The first-order valence-corrected chi connectivity index (χ1v) is 7.51. The van der Waals surface area contributed by atoms with Crippen molar-refractivity contribution < 1.29 is 14.7 Å². The molecule has 0 saturated heterocycles. The summed E-state index contributed by atoms with van der Waals surface area (Å²) in [5.41, 5.74) is -0.791. The van der Waals surface area contributed by atoms with Crippen LogP contribution < -0.4 is 5.32 Å². The standard InChI is InChI=1S/C14H17BrN2O3/c15-11-10(6-5-9-16-11)12(18)17-14(13(19)20)7-3-1-2-4-8-14/h5-6,9H,1-4,7-8H2,(H,17,18)(H,19,20). The number of aromatic nitrogens is 1. The summed E-state index contributed by atoms with van der Waals surface area (Å²) < 4.78 is 0.423. The van der Waals surface area contributed by atoms with Gasteiger partial charge in [-0.2, -0.15) is 0 Å². The third-order valence-electron chi connectivity index (χ3n) is 3.72. The van der Waals surface area contributed by atoms with E-state index in [1.165, 1.54) is 0 Å². The quantitative estimate of drug-likeness (QED) is 0.654. The van der Waals surface area contributed by atoms with Crippen LogP contribution in [0, 0.1) is 0 Å². The van der Waals surface area contributed by atoms with Crippen LogP contribution in [0.1, 0.15) is 48.9 Å². The minimum Gasteiger partial charge on any atom is -0.480 e. The molecule has 1 aromatic rings. The summed E-state index contributed by atoms with van der Waals surface area (Å²) in [5.74, 6) is -1.35. The second-order valence-electron chi connectivity index (χ2n) is 5.10. The van der Waals surface area contributed by atoms with Crippen molar-refractivity contribution in [1.29, 1.82) is 0 Å². The zero-order valence-corrected chi connectivity index (χ0v) is 12.6. The molecular weight excluding hydrogens is 324 g/mol. The van der Waals surface area contributed by atoms with Crippen molar-refractivity contribution >= 4 is 27.8 Å². The molecule has 1 aliphatic rings. The third kappa shape index (κ3) is 3.17. The van der Waals surface area contributed by atoms with Crippen molar-refractivity contribution in [3.05, 3.63) is 28.5 Å². The Morgan fingerprint density at radius 3 is 2.45 bits per heavy atom. The number of rotatable bonds is 3. The number of carboxylic acid groups (broad SMARTS) is 1. The van der Waals surface area contributed by atoms with Crippen LogP contribution in [0.15, 0.2) is 22.9 Å². The second-order valence-corrected chi connectivity index (χ2v) is 5.85. The normalized spacial score (nSPS) is 18.1. The Morgan fingerprint density at radius 1 is 1.25 bits per heavy atom.